The molecule has 0 unspecified atom stereocenters. The Balaban J connectivity index is 1.81. The van der Waals surface area contributed by atoms with E-state index in [1.54, 1.807) is 0 Å². The Morgan fingerprint density at radius 2 is 1.75 bits per heavy atom. The van der Waals surface area contributed by atoms with Crippen molar-refractivity contribution >= 4 is 34.0 Å². The minimum Gasteiger partial charge on any atom is -0.326 e. The van der Waals surface area contributed by atoms with Gasteiger partial charge in [-0.15, -0.1) is 10.2 Å². The van der Waals surface area contributed by atoms with Crippen LogP contribution in [0.25, 0.3) is 0 Å². The van der Waals surface area contributed by atoms with Crippen molar-refractivity contribution in [3.8, 4) is 0 Å². The van der Waals surface area contributed by atoms with Crippen molar-refractivity contribution in [3.05, 3.63) is 34.3 Å². The molecule has 0 saturated carbocycles. The second kappa shape index (κ2) is 8.01. The first kappa shape index (κ1) is 18.1. The molecule has 7 heteroatoms. The molecular formula is C17H22N4O2S. The van der Waals surface area contributed by atoms with E-state index >= 15 is 0 Å². The van der Waals surface area contributed by atoms with Gasteiger partial charge in [-0.25, -0.2) is 0 Å². The van der Waals surface area contributed by atoms with E-state index in [-0.39, 0.29) is 30.6 Å². The van der Waals surface area contributed by atoms with Gasteiger partial charge in [0.1, 0.15) is 5.01 Å². The van der Waals surface area contributed by atoms with Gasteiger partial charge >= 0.3 is 0 Å². The van der Waals surface area contributed by atoms with Crippen LogP contribution in [0.4, 0.5) is 10.8 Å². The van der Waals surface area contributed by atoms with Crippen LogP contribution in [-0.2, 0) is 9.59 Å². The number of rotatable bonds is 6. The summed E-state index contributed by atoms with van der Waals surface area (Å²) in [5.41, 5.74) is 2.92. The van der Waals surface area contributed by atoms with Crippen molar-refractivity contribution in [1.29, 1.82) is 0 Å². The molecule has 0 spiro atoms. The van der Waals surface area contributed by atoms with Crippen molar-refractivity contribution in [2.24, 2.45) is 0 Å². The maximum atomic E-state index is 12.0. The number of benzene rings is 1. The van der Waals surface area contributed by atoms with Crippen molar-refractivity contribution in [1.82, 2.24) is 10.2 Å². The molecule has 2 N–H and O–H groups in total. The Morgan fingerprint density at radius 3 is 2.33 bits per heavy atom. The average molecular weight is 346 g/mol. The Labute approximate surface area is 145 Å². The third kappa shape index (κ3) is 5.13. The van der Waals surface area contributed by atoms with Gasteiger partial charge in [0.15, 0.2) is 0 Å². The fourth-order valence-electron chi connectivity index (χ4n) is 2.09. The lowest BCUT2D eigenvalue weighted by Crippen LogP contribution is -2.17. The Morgan fingerprint density at radius 1 is 1.08 bits per heavy atom. The van der Waals surface area contributed by atoms with Gasteiger partial charge in [0.25, 0.3) is 0 Å². The van der Waals surface area contributed by atoms with E-state index in [1.807, 2.05) is 45.9 Å². The normalized spacial score (nSPS) is 10.7. The van der Waals surface area contributed by atoms with Gasteiger partial charge in [0, 0.05) is 24.4 Å². The lowest BCUT2D eigenvalue weighted by atomic mass is 10.1. The van der Waals surface area contributed by atoms with Crippen LogP contribution >= 0.6 is 11.3 Å². The predicted octanol–water partition coefficient (Wildman–Crippen LogP) is 3.64. The molecule has 0 saturated heterocycles. The Kier molecular flexibility index (Phi) is 6.03. The number of hydrogen-bond acceptors (Lipinski definition) is 5. The molecule has 0 radical (unpaired) electrons. The molecular weight excluding hydrogens is 324 g/mol. The number of anilines is 2. The maximum Gasteiger partial charge on any atom is 0.226 e. The largest absolute Gasteiger partial charge is 0.326 e. The zero-order valence-corrected chi connectivity index (χ0v) is 15.2. The number of hydrogen-bond donors (Lipinski definition) is 2. The van der Waals surface area contributed by atoms with Gasteiger partial charge in [-0.2, -0.15) is 0 Å². The van der Waals surface area contributed by atoms with Gasteiger partial charge in [-0.05, 0) is 25.5 Å². The number of amides is 2. The molecule has 0 atom stereocenters. The summed E-state index contributed by atoms with van der Waals surface area (Å²) in [6.07, 6.45) is 0.225. The lowest BCUT2D eigenvalue weighted by Gasteiger charge is -2.09. The van der Waals surface area contributed by atoms with Crippen LogP contribution in [0.2, 0.25) is 0 Å². The molecule has 128 valence electrons. The molecule has 0 aliphatic carbocycles. The number of nitrogens with one attached hydrogen (secondary N) is 2. The molecule has 0 bridgehead atoms. The highest BCUT2D eigenvalue weighted by Crippen LogP contribution is 2.22. The second-order valence-electron chi connectivity index (χ2n) is 6.01. The van der Waals surface area contributed by atoms with E-state index in [1.165, 1.54) is 11.3 Å². The molecule has 1 heterocycles. The molecule has 0 aliphatic heterocycles. The van der Waals surface area contributed by atoms with Gasteiger partial charge in [-0.3, -0.25) is 9.59 Å². The molecule has 2 amide bonds. The van der Waals surface area contributed by atoms with Crippen molar-refractivity contribution in [2.75, 3.05) is 10.6 Å². The number of carbonyl (C=O) groups is 2. The van der Waals surface area contributed by atoms with Gasteiger partial charge in [-0.1, -0.05) is 42.9 Å². The van der Waals surface area contributed by atoms with Crippen LogP contribution in [0.1, 0.15) is 48.7 Å². The van der Waals surface area contributed by atoms with Crippen LogP contribution < -0.4 is 10.6 Å². The first-order chi connectivity index (χ1) is 11.3. The van der Waals surface area contributed by atoms with E-state index in [0.717, 1.165) is 21.8 Å². The standard InChI is InChI=1S/C17H22N4O2S/c1-10(2)16-20-21-17(24-16)19-15(23)8-7-14(22)18-13-6-5-11(3)9-12(13)4/h5-6,9-10H,7-8H2,1-4H3,(H,18,22)(H,19,21,23). The highest BCUT2D eigenvalue weighted by molar-refractivity contribution is 7.15. The molecule has 1 aromatic heterocycles. The second-order valence-corrected chi connectivity index (χ2v) is 7.02. The van der Waals surface area contributed by atoms with Crippen LogP contribution in [-0.4, -0.2) is 22.0 Å². The summed E-state index contributed by atoms with van der Waals surface area (Å²) in [5.74, 6) is -0.147. The summed E-state index contributed by atoms with van der Waals surface area (Å²) >= 11 is 1.35. The number of aryl methyl sites for hydroxylation is 2. The zero-order valence-electron chi connectivity index (χ0n) is 14.3. The van der Waals surface area contributed by atoms with Crippen LogP contribution in [0, 0.1) is 13.8 Å². The van der Waals surface area contributed by atoms with E-state index in [2.05, 4.69) is 20.8 Å². The van der Waals surface area contributed by atoms with E-state index in [9.17, 15) is 9.59 Å². The smallest absolute Gasteiger partial charge is 0.226 e. The van der Waals surface area contributed by atoms with E-state index in [4.69, 9.17) is 0 Å². The van der Waals surface area contributed by atoms with Crippen molar-refractivity contribution in [2.45, 2.75) is 46.5 Å². The molecule has 2 rings (SSSR count). The summed E-state index contributed by atoms with van der Waals surface area (Å²) in [7, 11) is 0. The van der Waals surface area contributed by atoms with Crippen LogP contribution in [0.5, 0.6) is 0 Å². The minimum atomic E-state index is -0.239. The van der Waals surface area contributed by atoms with Gasteiger partial charge in [0.2, 0.25) is 16.9 Å². The fraction of sp³-hybridized carbons (Fsp3) is 0.412. The molecule has 24 heavy (non-hydrogen) atoms. The molecule has 6 nitrogen and oxygen atoms in total. The third-order valence-corrected chi connectivity index (χ3v) is 4.56. The summed E-state index contributed by atoms with van der Waals surface area (Å²) in [5, 5.41) is 14.8. The van der Waals surface area contributed by atoms with Crippen LogP contribution in [0.3, 0.4) is 0 Å². The lowest BCUT2D eigenvalue weighted by molar-refractivity contribution is -0.121. The van der Waals surface area contributed by atoms with Crippen LogP contribution in [0.15, 0.2) is 18.2 Å². The van der Waals surface area contributed by atoms with Gasteiger partial charge < -0.3 is 10.6 Å². The first-order valence-electron chi connectivity index (χ1n) is 7.85. The van der Waals surface area contributed by atoms with Crippen molar-refractivity contribution < 1.29 is 9.59 Å². The summed E-state index contributed by atoms with van der Waals surface area (Å²) in [6, 6.07) is 5.82. The molecule has 0 fully saturated rings. The highest BCUT2D eigenvalue weighted by atomic mass is 32.1. The minimum absolute atomic E-state index is 0.104. The highest BCUT2D eigenvalue weighted by Gasteiger charge is 2.12. The predicted molar refractivity (Wildman–Crippen MR) is 96.4 cm³/mol. The number of carbonyl (C=O) groups excluding carboxylic acids is 2. The van der Waals surface area contributed by atoms with Gasteiger partial charge in [0.05, 0.1) is 0 Å². The summed E-state index contributed by atoms with van der Waals surface area (Å²) < 4.78 is 0. The topological polar surface area (TPSA) is 84.0 Å². The maximum absolute atomic E-state index is 12.0. The third-order valence-electron chi connectivity index (χ3n) is 3.42. The Bertz CT molecular complexity index is 740. The number of nitrogens with zero attached hydrogens (tertiary/aromatic N) is 2. The summed E-state index contributed by atoms with van der Waals surface area (Å²) in [4.78, 5) is 23.9. The summed E-state index contributed by atoms with van der Waals surface area (Å²) in [6.45, 7) is 7.98. The average Bonchev–Trinajstić information content (AvgIpc) is 2.97. The quantitative estimate of drug-likeness (QED) is 0.836. The fourth-order valence-corrected chi connectivity index (χ4v) is 2.86. The molecule has 1 aromatic carbocycles. The van der Waals surface area contributed by atoms with Crippen molar-refractivity contribution in [3.63, 3.8) is 0 Å². The monoisotopic (exact) mass is 346 g/mol. The van der Waals surface area contributed by atoms with E-state index in [0.29, 0.717) is 5.13 Å². The molecule has 0 aliphatic rings. The number of aromatic nitrogens is 2. The first-order valence-corrected chi connectivity index (χ1v) is 8.67. The van der Waals surface area contributed by atoms with E-state index < -0.39 is 0 Å². The Hall–Kier alpha value is -2.28. The molecule has 2 aromatic rings. The SMILES string of the molecule is Cc1ccc(NC(=O)CCC(=O)Nc2nnc(C(C)C)s2)c(C)c1. The zero-order chi connectivity index (χ0) is 17.7.